The van der Waals surface area contributed by atoms with Crippen LogP contribution < -0.4 is 10.5 Å². The van der Waals surface area contributed by atoms with Crippen molar-refractivity contribution in [3.63, 3.8) is 0 Å². The number of carbonyl (C=O) groups is 1. The normalized spacial score (nSPS) is 11.0. The van der Waals surface area contributed by atoms with Crippen LogP contribution in [0.3, 0.4) is 0 Å². The Kier molecular flexibility index (Phi) is 4.39. The Labute approximate surface area is 94.7 Å². The van der Waals surface area contributed by atoms with E-state index < -0.39 is 5.97 Å². The lowest BCUT2D eigenvalue weighted by Gasteiger charge is -2.04. The molecule has 0 atom stereocenters. The van der Waals surface area contributed by atoms with Crippen LogP contribution in [-0.2, 0) is 16.1 Å². The van der Waals surface area contributed by atoms with Crippen LogP contribution in [0.4, 0.5) is 0 Å². The maximum atomic E-state index is 11.2. The Balaban J connectivity index is 2.54. The highest BCUT2D eigenvalue weighted by atomic mass is 16.5. The molecule has 1 aromatic carbocycles. The summed E-state index contributed by atoms with van der Waals surface area (Å²) < 4.78 is 10.0. The molecular weight excluding hydrogens is 206 g/mol. The van der Waals surface area contributed by atoms with Gasteiger partial charge in [0, 0.05) is 11.8 Å². The van der Waals surface area contributed by atoms with E-state index in [4.69, 9.17) is 15.2 Å². The highest BCUT2D eigenvalue weighted by molar-refractivity contribution is 5.82. The van der Waals surface area contributed by atoms with Crippen molar-refractivity contribution in [2.45, 2.75) is 13.5 Å². The molecule has 0 unspecified atom stereocenters. The largest absolute Gasteiger partial charge is 0.497 e. The van der Waals surface area contributed by atoms with Gasteiger partial charge in [-0.1, -0.05) is 12.1 Å². The molecule has 0 aliphatic carbocycles. The van der Waals surface area contributed by atoms with Gasteiger partial charge in [-0.3, -0.25) is 0 Å². The molecule has 0 aromatic heterocycles. The van der Waals surface area contributed by atoms with Crippen molar-refractivity contribution in [2.75, 3.05) is 7.11 Å². The third-order valence-electron chi connectivity index (χ3n) is 1.86. The van der Waals surface area contributed by atoms with Crippen LogP contribution in [-0.4, -0.2) is 13.1 Å². The number of benzene rings is 1. The van der Waals surface area contributed by atoms with Gasteiger partial charge < -0.3 is 15.2 Å². The molecule has 0 fully saturated rings. The number of allylic oxidation sites excluding steroid dienone is 1. The maximum Gasteiger partial charge on any atom is 0.332 e. The van der Waals surface area contributed by atoms with Gasteiger partial charge in [-0.05, 0) is 24.6 Å². The molecule has 0 saturated carbocycles. The van der Waals surface area contributed by atoms with E-state index in [0.29, 0.717) is 5.70 Å². The molecule has 0 aliphatic rings. The fraction of sp³-hybridized carbons (Fsp3) is 0.250. The van der Waals surface area contributed by atoms with Gasteiger partial charge in [-0.2, -0.15) is 0 Å². The molecule has 4 heteroatoms. The summed E-state index contributed by atoms with van der Waals surface area (Å²) in [5.41, 5.74) is 6.65. The quantitative estimate of drug-likeness (QED) is 0.619. The summed E-state index contributed by atoms with van der Waals surface area (Å²) in [6.45, 7) is 1.84. The van der Waals surface area contributed by atoms with Crippen molar-refractivity contribution >= 4 is 5.97 Å². The van der Waals surface area contributed by atoms with Crippen LogP contribution >= 0.6 is 0 Å². The Morgan fingerprint density at radius 3 is 2.88 bits per heavy atom. The van der Waals surface area contributed by atoms with Gasteiger partial charge in [0.15, 0.2) is 0 Å². The van der Waals surface area contributed by atoms with Crippen molar-refractivity contribution in [3.05, 3.63) is 41.6 Å². The zero-order chi connectivity index (χ0) is 12.0. The summed E-state index contributed by atoms with van der Waals surface area (Å²) in [7, 11) is 1.59. The van der Waals surface area contributed by atoms with Crippen LogP contribution in [0.5, 0.6) is 5.75 Å². The summed E-state index contributed by atoms with van der Waals surface area (Å²) in [5.74, 6) is 0.293. The average molecular weight is 221 g/mol. The number of carbonyl (C=O) groups excluding carboxylic acids is 1. The Bertz CT molecular complexity index is 395. The third kappa shape index (κ3) is 4.04. The zero-order valence-electron chi connectivity index (χ0n) is 9.40. The van der Waals surface area contributed by atoms with Crippen LogP contribution in [0.25, 0.3) is 0 Å². The van der Waals surface area contributed by atoms with Crippen LogP contribution in [0.1, 0.15) is 12.5 Å². The van der Waals surface area contributed by atoms with E-state index in [1.54, 1.807) is 14.0 Å². The number of hydrogen-bond acceptors (Lipinski definition) is 4. The van der Waals surface area contributed by atoms with Crippen molar-refractivity contribution < 1.29 is 14.3 Å². The number of esters is 1. The number of nitrogens with two attached hydrogens (primary N) is 1. The highest BCUT2D eigenvalue weighted by Crippen LogP contribution is 2.13. The second-order valence-corrected chi connectivity index (χ2v) is 3.35. The number of hydrogen-bond donors (Lipinski definition) is 1. The summed E-state index contributed by atoms with van der Waals surface area (Å²) in [4.78, 5) is 11.2. The fourth-order valence-corrected chi connectivity index (χ4v) is 1.14. The van der Waals surface area contributed by atoms with E-state index in [0.717, 1.165) is 11.3 Å². The summed E-state index contributed by atoms with van der Waals surface area (Å²) in [5, 5.41) is 0. The molecule has 0 saturated heterocycles. The SMILES string of the molecule is COc1cccc(COC(=O)/C=C(/C)N)c1. The number of rotatable bonds is 4. The van der Waals surface area contributed by atoms with E-state index in [-0.39, 0.29) is 6.61 Å². The van der Waals surface area contributed by atoms with Gasteiger partial charge >= 0.3 is 5.97 Å². The second-order valence-electron chi connectivity index (χ2n) is 3.35. The molecule has 1 aromatic rings. The molecule has 16 heavy (non-hydrogen) atoms. The zero-order valence-corrected chi connectivity index (χ0v) is 9.40. The first-order chi connectivity index (χ1) is 7.61. The molecule has 1 rings (SSSR count). The summed E-state index contributed by atoms with van der Waals surface area (Å²) in [6.07, 6.45) is 1.25. The van der Waals surface area contributed by atoms with Gasteiger partial charge in [0.05, 0.1) is 7.11 Å². The van der Waals surface area contributed by atoms with E-state index in [9.17, 15) is 4.79 Å². The molecular formula is C12H15NO3. The Hall–Kier alpha value is -1.97. The minimum absolute atomic E-state index is 0.208. The van der Waals surface area contributed by atoms with E-state index in [2.05, 4.69) is 0 Å². The van der Waals surface area contributed by atoms with E-state index in [1.807, 2.05) is 24.3 Å². The molecule has 2 N–H and O–H groups in total. The van der Waals surface area contributed by atoms with E-state index in [1.165, 1.54) is 6.08 Å². The number of ether oxygens (including phenoxy) is 2. The highest BCUT2D eigenvalue weighted by Gasteiger charge is 2.00. The lowest BCUT2D eigenvalue weighted by Crippen LogP contribution is -2.04. The minimum Gasteiger partial charge on any atom is -0.497 e. The predicted molar refractivity (Wildman–Crippen MR) is 60.7 cm³/mol. The summed E-state index contributed by atoms with van der Waals surface area (Å²) >= 11 is 0. The number of methoxy groups -OCH3 is 1. The summed E-state index contributed by atoms with van der Waals surface area (Å²) in [6, 6.07) is 7.34. The van der Waals surface area contributed by atoms with Crippen LogP contribution in [0.15, 0.2) is 36.0 Å². The minimum atomic E-state index is -0.442. The second kappa shape index (κ2) is 5.80. The van der Waals surface area contributed by atoms with Crippen molar-refractivity contribution in [3.8, 4) is 5.75 Å². The van der Waals surface area contributed by atoms with Gasteiger partial charge in [0.1, 0.15) is 12.4 Å². The van der Waals surface area contributed by atoms with Gasteiger partial charge in [0.2, 0.25) is 0 Å². The van der Waals surface area contributed by atoms with Crippen LogP contribution in [0, 0.1) is 0 Å². The van der Waals surface area contributed by atoms with Gasteiger partial charge in [-0.25, -0.2) is 4.79 Å². The smallest absolute Gasteiger partial charge is 0.332 e. The molecule has 0 heterocycles. The molecule has 86 valence electrons. The average Bonchev–Trinajstić information content (AvgIpc) is 2.26. The predicted octanol–water partition coefficient (Wildman–Crippen LogP) is 1.60. The molecule has 0 spiro atoms. The van der Waals surface area contributed by atoms with Crippen molar-refractivity contribution in [1.29, 1.82) is 0 Å². The molecule has 0 radical (unpaired) electrons. The van der Waals surface area contributed by atoms with Gasteiger partial charge in [-0.15, -0.1) is 0 Å². The molecule has 0 bridgehead atoms. The Morgan fingerprint density at radius 2 is 2.25 bits per heavy atom. The first kappa shape index (κ1) is 12.1. The lowest BCUT2D eigenvalue weighted by molar-refractivity contribution is -0.139. The standard InChI is InChI=1S/C12H15NO3/c1-9(13)6-12(14)16-8-10-4-3-5-11(7-10)15-2/h3-7H,8,13H2,1-2H3/b9-6-. The fourth-order valence-electron chi connectivity index (χ4n) is 1.14. The van der Waals surface area contributed by atoms with Crippen molar-refractivity contribution in [2.24, 2.45) is 5.73 Å². The topological polar surface area (TPSA) is 61.5 Å². The van der Waals surface area contributed by atoms with Crippen molar-refractivity contribution in [1.82, 2.24) is 0 Å². The third-order valence-corrected chi connectivity index (χ3v) is 1.86. The Morgan fingerprint density at radius 1 is 1.50 bits per heavy atom. The van der Waals surface area contributed by atoms with Crippen LogP contribution in [0.2, 0.25) is 0 Å². The lowest BCUT2D eigenvalue weighted by atomic mass is 10.2. The molecule has 0 aliphatic heterocycles. The van der Waals surface area contributed by atoms with Gasteiger partial charge in [0.25, 0.3) is 0 Å². The first-order valence-corrected chi connectivity index (χ1v) is 4.85. The molecule has 0 amide bonds. The first-order valence-electron chi connectivity index (χ1n) is 4.85. The maximum absolute atomic E-state index is 11.2. The monoisotopic (exact) mass is 221 g/mol. The molecule has 4 nitrogen and oxygen atoms in total. The van der Waals surface area contributed by atoms with E-state index >= 15 is 0 Å².